The van der Waals surface area contributed by atoms with Crippen LogP contribution in [0.4, 0.5) is 22.0 Å². The predicted molar refractivity (Wildman–Crippen MR) is 50.4 cm³/mol. The molecule has 1 saturated heterocycles. The van der Waals surface area contributed by atoms with E-state index < -0.39 is 26.9 Å². The van der Waals surface area contributed by atoms with Crippen molar-refractivity contribution in [2.24, 2.45) is 0 Å². The van der Waals surface area contributed by atoms with Gasteiger partial charge >= 0.3 is 17.9 Å². The van der Waals surface area contributed by atoms with Gasteiger partial charge in [-0.15, -0.1) is 0 Å². The van der Waals surface area contributed by atoms with Gasteiger partial charge < -0.3 is 0 Å². The van der Waals surface area contributed by atoms with Crippen molar-refractivity contribution in [1.82, 2.24) is 0 Å². The average molecular weight is 355 g/mol. The summed E-state index contributed by atoms with van der Waals surface area (Å²) in [6.45, 7) is 0. The monoisotopic (exact) mass is 353 g/mol. The molecule has 18 heavy (non-hydrogen) atoms. The van der Waals surface area contributed by atoms with Gasteiger partial charge in [0.2, 0.25) is 0 Å². The minimum atomic E-state index is -5.88. The molecule has 0 amide bonds. The lowest BCUT2D eigenvalue weighted by Gasteiger charge is -2.32. The highest BCUT2D eigenvalue weighted by atomic mass is 35.5. The van der Waals surface area contributed by atoms with Gasteiger partial charge in [-0.2, -0.15) is 27.2 Å². The molecule has 104 valence electrons. The maximum Gasteiger partial charge on any atom is 0.451 e. The average Bonchev–Trinajstić information content (AvgIpc) is 2.33. The van der Waals surface area contributed by atoms with Gasteiger partial charge in [-0.25, -0.2) is 0 Å². The Morgan fingerprint density at radius 2 is 1.22 bits per heavy atom. The van der Waals surface area contributed by atoms with E-state index in [0.717, 1.165) is 0 Å². The largest absolute Gasteiger partial charge is 0.451 e. The summed E-state index contributed by atoms with van der Waals surface area (Å²) in [5.41, 5.74) is 0. The highest BCUT2D eigenvalue weighted by molar-refractivity contribution is 6.61. The van der Waals surface area contributed by atoms with E-state index in [1.165, 1.54) is 0 Å². The molecule has 0 radical (unpaired) electrons. The highest BCUT2D eigenvalue weighted by Gasteiger charge is 2.84. The number of alkyl halides is 9. The molecule has 1 aliphatic rings. The summed E-state index contributed by atoms with van der Waals surface area (Å²) in [5, 5.41) is 8.09. The van der Waals surface area contributed by atoms with Crippen molar-refractivity contribution in [2.45, 2.75) is 26.9 Å². The van der Waals surface area contributed by atoms with E-state index in [-0.39, 0.29) is 6.07 Å². The van der Waals surface area contributed by atoms with Crippen LogP contribution in [0.3, 0.4) is 0 Å². The van der Waals surface area contributed by atoms with E-state index in [4.69, 9.17) is 51.7 Å². The number of nitriles is 1. The SMILES string of the molecule is N#CC(F)(F)C1(C(F)(F)F)OC(Cl)(Cl)C(Cl)(Cl)O1. The minimum Gasteiger partial charge on any atom is -0.295 e. The fourth-order valence-electron chi connectivity index (χ4n) is 0.996. The van der Waals surface area contributed by atoms with Gasteiger partial charge in [0.25, 0.3) is 9.04 Å². The Morgan fingerprint density at radius 3 is 1.44 bits per heavy atom. The number of nitrogens with zero attached hydrogens (tertiary/aromatic N) is 1. The smallest absolute Gasteiger partial charge is 0.295 e. The van der Waals surface area contributed by atoms with Crippen LogP contribution in [0, 0.1) is 11.3 Å². The molecule has 12 heteroatoms. The zero-order chi connectivity index (χ0) is 14.6. The summed E-state index contributed by atoms with van der Waals surface area (Å²) in [5.74, 6) is -9.96. The van der Waals surface area contributed by atoms with Crippen molar-refractivity contribution >= 4 is 46.4 Å². The molecule has 0 saturated carbocycles. The molecule has 0 aliphatic carbocycles. The Kier molecular flexibility index (Phi) is 3.71. The fourth-order valence-corrected chi connectivity index (χ4v) is 1.59. The van der Waals surface area contributed by atoms with E-state index in [2.05, 4.69) is 9.47 Å². The first-order valence-corrected chi connectivity index (χ1v) is 5.25. The van der Waals surface area contributed by atoms with Crippen molar-refractivity contribution < 1.29 is 31.4 Å². The number of halogens is 9. The van der Waals surface area contributed by atoms with Gasteiger partial charge in [-0.1, -0.05) is 46.4 Å². The van der Waals surface area contributed by atoms with E-state index >= 15 is 0 Å². The molecular weight excluding hydrogens is 355 g/mol. The van der Waals surface area contributed by atoms with Crippen LogP contribution in [-0.4, -0.2) is 26.9 Å². The van der Waals surface area contributed by atoms with Crippen LogP contribution in [0.15, 0.2) is 0 Å². The topological polar surface area (TPSA) is 42.2 Å². The second kappa shape index (κ2) is 4.11. The van der Waals surface area contributed by atoms with Crippen LogP contribution in [-0.2, 0) is 9.47 Å². The summed E-state index contributed by atoms with van der Waals surface area (Å²) in [6.07, 6.45) is -5.88. The Hall–Kier alpha value is 0.220. The third-order valence-electron chi connectivity index (χ3n) is 1.81. The van der Waals surface area contributed by atoms with Gasteiger partial charge in [-0.05, 0) is 0 Å². The molecule has 3 nitrogen and oxygen atoms in total. The second-order valence-electron chi connectivity index (χ2n) is 3.04. The van der Waals surface area contributed by atoms with Gasteiger partial charge in [0.1, 0.15) is 6.07 Å². The number of rotatable bonds is 1. The maximum atomic E-state index is 13.1. The normalized spacial score (nSPS) is 25.8. The van der Waals surface area contributed by atoms with Crippen molar-refractivity contribution in [1.29, 1.82) is 5.26 Å². The number of hydrogen-bond donors (Lipinski definition) is 0. The summed E-state index contributed by atoms with van der Waals surface area (Å²) in [6, 6.07) is 0.0683. The lowest BCUT2D eigenvalue weighted by molar-refractivity contribution is -0.403. The molecule has 0 N–H and O–H groups in total. The number of ether oxygens (including phenoxy) is 2. The molecule has 1 fully saturated rings. The predicted octanol–water partition coefficient (Wildman–Crippen LogP) is 3.71. The summed E-state index contributed by atoms with van der Waals surface area (Å²) in [7, 11) is 0. The molecule has 1 aliphatic heterocycles. The Labute approximate surface area is 116 Å². The van der Waals surface area contributed by atoms with E-state index in [1.807, 2.05) is 0 Å². The quantitative estimate of drug-likeness (QED) is 0.532. The molecular formula is C6Cl4F5NO2. The third-order valence-corrected chi connectivity index (χ3v) is 3.57. The summed E-state index contributed by atoms with van der Waals surface area (Å²) < 4.78 is 65.4. The lowest BCUT2D eigenvalue weighted by atomic mass is 10.1. The first kappa shape index (κ1) is 16.3. The molecule has 0 unspecified atom stereocenters. The van der Waals surface area contributed by atoms with E-state index in [9.17, 15) is 22.0 Å². The zero-order valence-electron chi connectivity index (χ0n) is 7.67. The van der Waals surface area contributed by atoms with Gasteiger partial charge in [0.15, 0.2) is 0 Å². The van der Waals surface area contributed by atoms with Gasteiger partial charge in [-0.3, -0.25) is 9.47 Å². The van der Waals surface area contributed by atoms with Crippen LogP contribution in [0.25, 0.3) is 0 Å². The summed E-state index contributed by atoms with van der Waals surface area (Å²) in [4.78, 5) is 0. The highest BCUT2D eigenvalue weighted by Crippen LogP contribution is 2.62. The summed E-state index contributed by atoms with van der Waals surface area (Å²) >= 11 is 20.5. The molecule has 1 heterocycles. The third kappa shape index (κ3) is 2.11. The zero-order valence-corrected chi connectivity index (χ0v) is 10.7. The van der Waals surface area contributed by atoms with Crippen LogP contribution in [0.2, 0.25) is 0 Å². The van der Waals surface area contributed by atoms with E-state index in [1.54, 1.807) is 0 Å². The lowest BCUT2D eigenvalue weighted by Crippen LogP contribution is -2.60. The Morgan fingerprint density at radius 1 is 0.889 bits per heavy atom. The fraction of sp³-hybridized carbons (Fsp3) is 0.833. The molecule has 0 aromatic rings. The molecule has 0 bridgehead atoms. The van der Waals surface area contributed by atoms with Crippen LogP contribution in [0.1, 0.15) is 0 Å². The molecule has 0 atom stereocenters. The number of hydrogen-bond acceptors (Lipinski definition) is 3. The van der Waals surface area contributed by atoms with Crippen molar-refractivity contribution in [3.05, 3.63) is 0 Å². The van der Waals surface area contributed by atoms with Crippen molar-refractivity contribution in [3.63, 3.8) is 0 Å². The molecule has 0 aromatic carbocycles. The maximum absolute atomic E-state index is 13.1. The van der Waals surface area contributed by atoms with Crippen LogP contribution < -0.4 is 0 Å². The van der Waals surface area contributed by atoms with Gasteiger partial charge in [0, 0.05) is 0 Å². The van der Waals surface area contributed by atoms with Crippen molar-refractivity contribution in [3.8, 4) is 6.07 Å². The van der Waals surface area contributed by atoms with E-state index in [0.29, 0.717) is 0 Å². The first-order chi connectivity index (χ1) is 7.72. The second-order valence-corrected chi connectivity index (χ2v) is 5.55. The molecule has 1 rings (SSSR count). The molecule has 0 spiro atoms. The van der Waals surface area contributed by atoms with Gasteiger partial charge in [0.05, 0.1) is 0 Å². The Balaban J connectivity index is 3.44. The van der Waals surface area contributed by atoms with Crippen LogP contribution >= 0.6 is 46.4 Å². The first-order valence-electron chi connectivity index (χ1n) is 3.74. The Bertz CT molecular complexity index is 388. The minimum absolute atomic E-state index is 0.0683. The standard InChI is InChI=1S/C6Cl4F5NO2/c7-4(8)5(9,10)18-3(17-4,6(13,14)15)2(11,12)1-16. The van der Waals surface area contributed by atoms with Crippen molar-refractivity contribution in [2.75, 3.05) is 0 Å². The molecule has 0 aromatic heterocycles. The van der Waals surface area contributed by atoms with Crippen LogP contribution in [0.5, 0.6) is 0 Å².